The van der Waals surface area contributed by atoms with Crippen LogP contribution < -0.4 is 15.6 Å². The van der Waals surface area contributed by atoms with E-state index in [0.29, 0.717) is 11.7 Å². The van der Waals surface area contributed by atoms with Gasteiger partial charge in [0.2, 0.25) is 0 Å². The molecule has 2 aliphatic heterocycles. The van der Waals surface area contributed by atoms with Crippen molar-refractivity contribution in [1.29, 1.82) is 0 Å². The molecular formula is C19H25ClN6. The van der Waals surface area contributed by atoms with Crippen molar-refractivity contribution in [3.63, 3.8) is 0 Å². The number of nitrogens with one attached hydrogen (secondary N) is 2. The van der Waals surface area contributed by atoms with Gasteiger partial charge in [0, 0.05) is 37.8 Å². The van der Waals surface area contributed by atoms with Gasteiger partial charge >= 0.3 is 0 Å². The van der Waals surface area contributed by atoms with Crippen molar-refractivity contribution in [3.8, 4) is 0 Å². The monoisotopic (exact) mass is 372 g/mol. The minimum absolute atomic E-state index is 0.0652. The van der Waals surface area contributed by atoms with Crippen LogP contribution in [0.1, 0.15) is 18.1 Å². The lowest BCUT2D eigenvalue weighted by atomic mass is 10.1. The van der Waals surface area contributed by atoms with Gasteiger partial charge in [0.05, 0.1) is 12.6 Å². The Morgan fingerprint density at radius 2 is 2.27 bits per heavy atom. The molecule has 1 aromatic rings. The molecule has 26 heavy (non-hydrogen) atoms. The molecule has 6 nitrogen and oxygen atoms in total. The Morgan fingerprint density at radius 3 is 2.92 bits per heavy atom. The quantitative estimate of drug-likeness (QED) is 0.614. The van der Waals surface area contributed by atoms with E-state index in [4.69, 9.17) is 11.6 Å². The van der Waals surface area contributed by atoms with Crippen LogP contribution in [0.25, 0.3) is 0 Å². The lowest BCUT2D eigenvalue weighted by Gasteiger charge is -2.25. The Morgan fingerprint density at radius 1 is 1.46 bits per heavy atom. The number of hydrogen-bond donors (Lipinski definition) is 2. The Kier molecular flexibility index (Phi) is 5.76. The topological polar surface area (TPSA) is 55.8 Å². The Labute approximate surface area is 159 Å². The van der Waals surface area contributed by atoms with Crippen LogP contribution in [-0.4, -0.2) is 42.9 Å². The SMILES string of the molecule is CNC1C=CNC(Cl)=C1C=NCc1cnc(N2C=C(C)CN2C)c(C)c1. The third kappa shape index (κ3) is 3.98. The van der Waals surface area contributed by atoms with Gasteiger partial charge < -0.3 is 10.6 Å². The summed E-state index contributed by atoms with van der Waals surface area (Å²) in [4.78, 5) is 9.20. The second-order valence-electron chi connectivity index (χ2n) is 6.63. The van der Waals surface area contributed by atoms with Gasteiger partial charge in [-0.25, -0.2) is 9.99 Å². The first-order chi connectivity index (χ1) is 12.5. The molecule has 1 unspecified atom stereocenters. The predicted octanol–water partition coefficient (Wildman–Crippen LogP) is 2.69. The zero-order valence-electron chi connectivity index (χ0n) is 15.6. The third-order valence-electron chi connectivity index (χ3n) is 4.42. The van der Waals surface area contributed by atoms with E-state index >= 15 is 0 Å². The number of likely N-dealkylation sites (N-methyl/N-ethyl adjacent to an activating group) is 2. The number of rotatable bonds is 5. The molecule has 1 aromatic heterocycles. The molecule has 0 amide bonds. The van der Waals surface area contributed by atoms with E-state index in [-0.39, 0.29) is 6.04 Å². The molecule has 7 heteroatoms. The fraction of sp³-hybridized carbons (Fsp3) is 0.368. The van der Waals surface area contributed by atoms with Crippen LogP contribution in [0.2, 0.25) is 0 Å². The van der Waals surface area contributed by atoms with Crippen LogP contribution in [0, 0.1) is 6.92 Å². The number of hydrogen-bond acceptors (Lipinski definition) is 6. The molecule has 0 fully saturated rings. The fourth-order valence-electron chi connectivity index (χ4n) is 3.14. The van der Waals surface area contributed by atoms with E-state index in [0.717, 1.165) is 29.1 Å². The van der Waals surface area contributed by atoms with Crippen molar-refractivity contribution < 1.29 is 0 Å². The molecule has 2 N–H and O–H groups in total. The number of pyridine rings is 1. The largest absolute Gasteiger partial charge is 0.352 e. The van der Waals surface area contributed by atoms with Crippen LogP contribution in [0.3, 0.4) is 0 Å². The summed E-state index contributed by atoms with van der Waals surface area (Å²) in [6.07, 6.45) is 9.68. The number of halogens is 1. The van der Waals surface area contributed by atoms with Gasteiger partial charge in [-0.05, 0) is 55.9 Å². The number of hydrazine groups is 1. The van der Waals surface area contributed by atoms with Gasteiger partial charge in [0.15, 0.2) is 0 Å². The van der Waals surface area contributed by atoms with Crippen LogP contribution in [0.15, 0.2) is 52.0 Å². The zero-order chi connectivity index (χ0) is 18.7. The fourth-order valence-corrected chi connectivity index (χ4v) is 3.37. The summed E-state index contributed by atoms with van der Waals surface area (Å²) in [5.74, 6) is 0.958. The van der Waals surface area contributed by atoms with Crippen LogP contribution >= 0.6 is 11.6 Å². The Hall–Kier alpha value is -2.15. The molecule has 0 aromatic carbocycles. The van der Waals surface area contributed by atoms with Crippen LogP contribution in [0.4, 0.5) is 5.82 Å². The summed E-state index contributed by atoms with van der Waals surface area (Å²) < 4.78 is 0. The number of nitrogens with zero attached hydrogens (tertiary/aromatic N) is 4. The first-order valence-corrected chi connectivity index (χ1v) is 9.00. The van der Waals surface area contributed by atoms with Crippen LogP contribution in [0.5, 0.6) is 0 Å². The highest BCUT2D eigenvalue weighted by molar-refractivity contribution is 6.31. The van der Waals surface area contributed by atoms with Gasteiger partial charge in [-0.15, -0.1) is 0 Å². The molecule has 0 saturated heterocycles. The van der Waals surface area contributed by atoms with Crippen molar-refractivity contribution in [2.24, 2.45) is 4.99 Å². The summed E-state index contributed by atoms with van der Waals surface area (Å²) in [7, 11) is 3.96. The average Bonchev–Trinajstić information content (AvgIpc) is 2.94. The summed E-state index contributed by atoms with van der Waals surface area (Å²) in [5.41, 5.74) is 4.45. The second-order valence-corrected chi connectivity index (χ2v) is 7.01. The highest BCUT2D eigenvalue weighted by atomic mass is 35.5. The van der Waals surface area contributed by atoms with Gasteiger partial charge in [-0.3, -0.25) is 10.0 Å². The smallest absolute Gasteiger partial charge is 0.149 e. The van der Waals surface area contributed by atoms with E-state index in [1.54, 1.807) is 0 Å². The molecular weight excluding hydrogens is 348 g/mol. The van der Waals surface area contributed by atoms with Crippen LogP contribution in [-0.2, 0) is 6.54 Å². The number of anilines is 1. The molecule has 0 radical (unpaired) electrons. The maximum atomic E-state index is 6.24. The molecule has 0 saturated carbocycles. The van der Waals surface area contributed by atoms with Crippen molar-refractivity contribution in [2.75, 3.05) is 25.6 Å². The maximum Gasteiger partial charge on any atom is 0.149 e. The standard InChI is InChI=1S/C19H25ClN6/c1-13-11-25(4)26(12-13)19-14(2)7-15(9-24-19)8-22-10-16-17(21-3)5-6-23-18(16)20/h5-7,9-10,12,17,21,23H,8,11H2,1-4H3. The minimum Gasteiger partial charge on any atom is -0.352 e. The number of aryl methyl sites for hydroxylation is 1. The highest BCUT2D eigenvalue weighted by Gasteiger charge is 2.20. The first kappa shape index (κ1) is 18.6. The normalized spacial score (nSPS) is 20.9. The van der Waals surface area contributed by atoms with Gasteiger partial charge in [0.25, 0.3) is 0 Å². The van der Waals surface area contributed by atoms with Gasteiger partial charge in [0.1, 0.15) is 11.0 Å². The maximum absolute atomic E-state index is 6.24. The summed E-state index contributed by atoms with van der Waals surface area (Å²) >= 11 is 6.24. The number of aliphatic imine (C=N–C) groups is 1. The summed E-state index contributed by atoms with van der Waals surface area (Å²) in [6.45, 7) is 5.70. The van der Waals surface area contributed by atoms with Crippen molar-refractivity contribution in [3.05, 3.63) is 58.2 Å². The van der Waals surface area contributed by atoms with E-state index < -0.39 is 0 Å². The van der Waals surface area contributed by atoms with Crippen molar-refractivity contribution >= 4 is 23.6 Å². The van der Waals surface area contributed by atoms with E-state index in [1.807, 2.05) is 31.7 Å². The predicted molar refractivity (Wildman–Crippen MR) is 108 cm³/mol. The lowest BCUT2D eigenvalue weighted by molar-refractivity contribution is 0.388. The molecule has 0 bridgehead atoms. The first-order valence-electron chi connectivity index (χ1n) is 8.62. The molecule has 0 spiro atoms. The van der Waals surface area contributed by atoms with Crippen molar-refractivity contribution in [2.45, 2.75) is 26.4 Å². The minimum atomic E-state index is 0.0652. The molecule has 138 valence electrons. The van der Waals surface area contributed by atoms with Crippen molar-refractivity contribution in [1.82, 2.24) is 20.6 Å². The Balaban J connectivity index is 1.71. The highest BCUT2D eigenvalue weighted by Crippen LogP contribution is 2.24. The van der Waals surface area contributed by atoms with E-state index in [2.05, 4.69) is 63.8 Å². The Bertz CT molecular complexity index is 795. The molecule has 0 aliphatic carbocycles. The van der Waals surface area contributed by atoms with E-state index in [9.17, 15) is 0 Å². The third-order valence-corrected chi connectivity index (χ3v) is 4.74. The number of dihydropyridines is 1. The second kappa shape index (κ2) is 8.03. The lowest BCUT2D eigenvalue weighted by Crippen LogP contribution is -2.32. The number of aromatic nitrogens is 1. The molecule has 2 aliphatic rings. The van der Waals surface area contributed by atoms with Gasteiger partial charge in [-0.2, -0.15) is 0 Å². The van der Waals surface area contributed by atoms with Gasteiger partial charge in [-0.1, -0.05) is 11.6 Å². The zero-order valence-corrected chi connectivity index (χ0v) is 16.4. The molecule has 3 heterocycles. The summed E-state index contributed by atoms with van der Waals surface area (Å²) in [6, 6.07) is 2.20. The molecule has 3 rings (SSSR count). The summed E-state index contributed by atoms with van der Waals surface area (Å²) in [5, 5.41) is 11.1. The average molecular weight is 373 g/mol. The molecule has 1 atom stereocenters. The van der Waals surface area contributed by atoms with E-state index in [1.165, 1.54) is 5.57 Å².